The predicted octanol–water partition coefficient (Wildman–Crippen LogP) is 2.20. The lowest BCUT2D eigenvalue weighted by Crippen LogP contribution is -1.97. The Morgan fingerprint density at radius 2 is 2.29 bits per heavy atom. The number of aryl methyl sites for hydroxylation is 2. The van der Waals surface area contributed by atoms with E-state index in [0.717, 1.165) is 8.66 Å². The molecule has 0 amide bonds. The zero-order valence-corrected chi connectivity index (χ0v) is 10.2. The second-order valence-electron chi connectivity index (χ2n) is 2.98. The van der Waals surface area contributed by atoms with Gasteiger partial charge < -0.3 is 5.73 Å². The molecule has 0 aliphatic heterocycles. The SMILES string of the molecule is Cc1cc(-c2nc(N)n(C)n2)sc1Br. The number of hydrogen-bond acceptors (Lipinski definition) is 4. The van der Waals surface area contributed by atoms with Gasteiger partial charge in [-0.15, -0.1) is 16.4 Å². The number of aromatic nitrogens is 3. The molecule has 2 aromatic rings. The second-order valence-corrected chi connectivity index (χ2v) is 5.35. The van der Waals surface area contributed by atoms with Crippen LogP contribution in [-0.4, -0.2) is 14.8 Å². The summed E-state index contributed by atoms with van der Waals surface area (Å²) in [4.78, 5) is 5.18. The third-order valence-electron chi connectivity index (χ3n) is 1.87. The number of anilines is 1. The summed E-state index contributed by atoms with van der Waals surface area (Å²) >= 11 is 5.08. The van der Waals surface area contributed by atoms with Crippen LogP contribution in [0.15, 0.2) is 9.85 Å². The van der Waals surface area contributed by atoms with Gasteiger partial charge in [-0.25, -0.2) is 4.68 Å². The fraction of sp³-hybridized carbons (Fsp3) is 0.250. The maximum Gasteiger partial charge on any atom is 0.218 e. The molecule has 0 saturated carbocycles. The lowest BCUT2D eigenvalue weighted by Gasteiger charge is -1.85. The molecule has 2 N–H and O–H groups in total. The molecule has 2 heterocycles. The normalized spacial score (nSPS) is 10.8. The van der Waals surface area contributed by atoms with Crippen LogP contribution in [-0.2, 0) is 7.05 Å². The zero-order chi connectivity index (χ0) is 10.3. The van der Waals surface area contributed by atoms with Crippen molar-refractivity contribution in [3.05, 3.63) is 15.4 Å². The van der Waals surface area contributed by atoms with Crippen molar-refractivity contribution in [3.63, 3.8) is 0 Å². The Balaban J connectivity index is 2.49. The molecule has 74 valence electrons. The highest BCUT2D eigenvalue weighted by Gasteiger charge is 2.10. The lowest BCUT2D eigenvalue weighted by molar-refractivity contribution is 0.781. The number of nitrogen functional groups attached to an aromatic ring is 1. The van der Waals surface area contributed by atoms with Gasteiger partial charge in [-0.2, -0.15) is 4.98 Å². The summed E-state index contributed by atoms with van der Waals surface area (Å²) < 4.78 is 2.68. The molecular weight excluding hydrogens is 264 g/mol. The molecule has 0 fully saturated rings. The van der Waals surface area contributed by atoms with Crippen molar-refractivity contribution < 1.29 is 0 Å². The van der Waals surface area contributed by atoms with Gasteiger partial charge in [-0.05, 0) is 34.5 Å². The number of rotatable bonds is 1. The Labute approximate surface area is 93.9 Å². The summed E-state index contributed by atoms with van der Waals surface area (Å²) in [6.07, 6.45) is 0. The van der Waals surface area contributed by atoms with Crippen LogP contribution < -0.4 is 5.73 Å². The summed E-state index contributed by atoms with van der Waals surface area (Å²) in [5.41, 5.74) is 6.80. The van der Waals surface area contributed by atoms with Crippen LogP contribution in [0.25, 0.3) is 10.7 Å². The number of nitrogens with zero attached hydrogens (tertiary/aromatic N) is 3. The average molecular weight is 273 g/mol. The van der Waals surface area contributed by atoms with E-state index >= 15 is 0 Å². The summed E-state index contributed by atoms with van der Waals surface area (Å²) in [7, 11) is 1.78. The molecule has 4 nitrogen and oxygen atoms in total. The van der Waals surface area contributed by atoms with Crippen molar-refractivity contribution in [2.45, 2.75) is 6.92 Å². The van der Waals surface area contributed by atoms with E-state index in [-0.39, 0.29) is 0 Å². The van der Waals surface area contributed by atoms with Crippen LogP contribution in [0.1, 0.15) is 5.56 Å². The monoisotopic (exact) mass is 272 g/mol. The summed E-state index contributed by atoms with van der Waals surface area (Å²) in [5, 5.41) is 4.21. The van der Waals surface area contributed by atoms with Gasteiger partial charge in [-0.3, -0.25) is 0 Å². The van der Waals surface area contributed by atoms with E-state index in [2.05, 4.69) is 26.0 Å². The molecule has 0 aromatic carbocycles. The molecule has 0 bridgehead atoms. The molecule has 0 atom stereocenters. The molecule has 0 aliphatic rings. The summed E-state index contributed by atoms with van der Waals surface area (Å²) in [6, 6.07) is 2.05. The Morgan fingerprint density at radius 1 is 1.57 bits per heavy atom. The predicted molar refractivity (Wildman–Crippen MR) is 61.2 cm³/mol. The van der Waals surface area contributed by atoms with E-state index < -0.39 is 0 Å². The molecule has 2 aromatic heterocycles. The minimum atomic E-state index is 0.433. The second kappa shape index (κ2) is 3.36. The molecule has 0 unspecified atom stereocenters. The van der Waals surface area contributed by atoms with Crippen LogP contribution in [0.4, 0.5) is 5.95 Å². The largest absolute Gasteiger partial charge is 0.368 e. The van der Waals surface area contributed by atoms with E-state index in [9.17, 15) is 0 Å². The van der Waals surface area contributed by atoms with Gasteiger partial charge in [0.05, 0.1) is 8.66 Å². The van der Waals surface area contributed by atoms with E-state index in [1.807, 2.05) is 13.0 Å². The van der Waals surface area contributed by atoms with Gasteiger partial charge in [0.25, 0.3) is 0 Å². The topological polar surface area (TPSA) is 56.7 Å². The number of thiophene rings is 1. The molecule has 0 spiro atoms. The van der Waals surface area contributed by atoms with Crippen molar-refractivity contribution in [2.75, 3.05) is 5.73 Å². The fourth-order valence-corrected chi connectivity index (χ4v) is 2.54. The van der Waals surface area contributed by atoms with Crippen molar-refractivity contribution in [2.24, 2.45) is 7.05 Å². The van der Waals surface area contributed by atoms with Crippen molar-refractivity contribution in [1.29, 1.82) is 0 Å². The first-order valence-corrected chi connectivity index (χ1v) is 5.61. The molecular formula is C8H9BrN4S. The van der Waals surface area contributed by atoms with Gasteiger partial charge in [0, 0.05) is 7.05 Å². The van der Waals surface area contributed by atoms with Gasteiger partial charge in [-0.1, -0.05) is 0 Å². The van der Waals surface area contributed by atoms with E-state index in [4.69, 9.17) is 5.73 Å². The Morgan fingerprint density at radius 3 is 2.71 bits per heavy atom. The average Bonchev–Trinajstić information content (AvgIpc) is 2.60. The van der Waals surface area contributed by atoms with Crippen LogP contribution in [0.5, 0.6) is 0 Å². The minimum Gasteiger partial charge on any atom is -0.368 e. The first-order chi connectivity index (χ1) is 6.58. The van der Waals surface area contributed by atoms with Crippen LogP contribution in [0.2, 0.25) is 0 Å². The standard InChI is InChI=1S/C8H9BrN4S/c1-4-3-5(14-6(4)9)7-11-8(10)13(2)12-7/h3H,1-2H3,(H2,10,11,12). The van der Waals surface area contributed by atoms with Crippen molar-refractivity contribution >= 4 is 33.2 Å². The Kier molecular flexibility index (Phi) is 2.32. The van der Waals surface area contributed by atoms with Crippen LogP contribution >= 0.6 is 27.3 Å². The van der Waals surface area contributed by atoms with E-state index in [0.29, 0.717) is 11.8 Å². The molecule has 14 heavy (non-hydrogen) atoms. The number of hydrogen-bond donors (Lipinski definition) is 1. The minimum absolute atomic E-state index is 0.433. The maximum absolute atomic E-state index is 5.61. The smallest absolute Gasteiger partial charge is 0.218 e. The van der Waals surface area contributed by atoms with E-state index in [1.165, 1.54) is 5.56 Å². The molecule has 6 heteroatoms. The van der Waals surface area contributed by atoms with Crippen LogP contribution in [0, 0.1) is 6.92 Å². The van der Waals surface area contributed by atoms with E-state index in [1.54, 1.807) is 23.1 Å². The molecule has 0 radical (unpaired) electrons. The van der Waals surface area contributed by atoms with Gasteiger partial charge in [0.2, 0.25) is 5.95 Å². The van der Waals surface area contributed by atoms with Gasteiger partial charge in [0.1, 0.15) is 0 Å². The fourth-order valence-electron chi connectivity index (χ4n) is 1.07. The van der Waals surface area contributed by atoms with Crippen molar-refractivity contribution in [3.8, 4) is 10.7 Å². The third kappa shape index (κ3) is 1.55. The Hall–Kier alpha value is -0.880. The molecule has 0 aliphatic carbocycles. The number of nitrogens with two attached hydrogens (primary N) is 1. The van der Waals surface area contributed by atoms with Crippen molar-refractivity contribution in [1.82, 2.24) is 14.8 Å². The van der Waals surface area contributed by atoms with Crippen LogP contribution in [0.3, 0.4) is 0 Å². The zero-order valence-electron chi connectivity index (χ0n) is 7.78. The highest BCUT2D eigenvalue weighted by atomic mass is 79.9. The number of halogens is 1. The molecule has 0 saturated heterocycles. The maximum atomic E-state index is 5.61. The summed E-state index contributed by atoms with van der Waals surface area (Å²) in [6.45, 7) is 2.04. The first-order valence-electron chi connectivity index (χ1n) is 4.00. The quantitative estimate of drug-likeness (QED) is 0.866. The lowest BCUT2D eigenvalue weighted by atomic mass is 10.3. The third-order valence-corrected chi connectivity index (χ3v) is 4.01. The first kappa shape index (κ1) is 9.67. The molecule has 2 rings (SSSR count). The highest BCUT2D eigenvalue weighted by Crippen LogP contribution is 2.33. The van der Waals surface area contributed by atoms with Gasteiger partial charge >= 0.3 is 0 Å². The van der Waals surface area contributed by atoms with Gasteiger partial charge in [0.15, 0.2) is 5.82 Å². The Bertz CT molecular complexity index is 390. The summed E-state index contributed by atoms with van der Waals surface area (Å²) in [5.74, 6) is 1.12. The highest BCUT2D eigenvalue weighted by molar-refractivity contribution is 9.11.